The van der Waals surface area contributed by atoms with Crippen LogP contribution in [-0.4, -0.2) is 48.5 Å². The van der Waals surface area contributed by atoms with Gasteiger partial charge in [0.25, 0.3) is 0 Å². The molecule has 0 N–H and O–H groups in total. The van der Waals surface area contributed by atoms with Crippen LogP contribution in [0.3, 0.4) is 0 Å². The van der Waals surface area contributed by atoms with E-state index >= 15 is 0 Å². The summed E-state index contributed by atoms with van der Waals surface area (Å²) in [6, 6.07) is 0. The Hall–Kier alpha value is 0.993. The van der Waals surface area contributed by atoms with E-state index in [1.165, 1.54) is 25.7 Å². The van der Waals surface area contributed by atoms with Gasteiger partial charge in [0.1, 0.15) is 0 Å². The zero-order chi connectivity index (χ0) is 9.40. The summed E-state index contributed by atoms with van der Waals surface area (Å²) in [5.41, 5.74) is 0. The molecule has 4 heteroatoms. The predicted octanol–water partition coefficient (Wildman–Crippen LogP) is 2.34. The normalized spacial score (nSPS) is 9.08. The molecule has 2 radical (unpaired) electrons. The molecular formula is C9H18BiNS2+2. The van der Waals surface area contributed by atoms with Gasteiger partial charge in [-0.3, -0.25) is 0 Å². The number of nitrogens with zero attached hydrogens (tertiary/aromatic N) is 1. The maximum absolute atomic E-state index is 4.98. The second kappa shape index (κ2) is 11.1. The van der Waals surface area contributed by atoms with Gasteiger partial charge < -0.3 is 29.7 Å². The first-order valence-corrected chi connectivity index (χ1v) is 5.50. The van der Waals surface area contributed by atoms with Crippen LogP contribution < -0.4 is 0 Å². The van der Waals surface area contributed by atoms with Gasteiger partial charge in [-0.05, 0) is 12.8 Å². The summed E-state index contributed by atoms with van der Waals surface area (Å²) >= 11 is 9.97. The van der Waals surface area contributed by atoms with Crippen LogP contribution in [0.4, 0.5) is 0 Å². The molecule has 0 spiro atoms. The molecule has 74 valence electrons. The Morgan fingerprint density at radius 3 is 1.77 bits per heavy atom. The molecule has 0 bridgehead atoms. The molecule has 0 atom stereocenters. The van der Waals surface area contributed by atoms with Crippen molar-refractivity contribution in [1.29, 1.82) is 0 Å². The number of thiocarbonyl (C=S) groups is 1. The second-order valence-corrected chi connectivity index (χ2v) is 3.99. The van der Waals surface area contributed by atoms with Crippen LogP contribution in [0.15, 0.2) is 0 Å². The molecule has 0 saturated heterocycles. The van der Waals surface area contributed by atoms with E-state index in [1.54, 1.807) is 0 Å². The van der Waals surface area contributed by atoms with Crippen LogP contribution in [-0.2, 0) is 12.6 Å². The number of hydrogen-bond donors (Lipinski definition) is 0. The number of unbranched alkanes of at least 4 members (excludes halogenated alkanes) is 2. The van der Waals surface area contributed by atoms with Crippen LogP contribution >= 0.6 is 12.2 Å². The summed E-state index contributed by atoms with van der Waals surface area (Å²) in [6.07, 6.45) is 4.81. The fourth-order valence-corrected chi connectivity index (χ4v) is 1.36. The van der Waals surface area contributed by atoms with Gasteiger partial charge in [-0.25, -0.2) is 0 Å². The fourth-order valence-electron chi connectivity index (χ4n) is 0.992. The molecule has 0 unspecified atom stereocenters. The largest absolute Gasteiger partial charge is 3.00 e. The van der Waals surface area contributed by atoms with E-state index < -0.39 is 0 Å². The van der Waals surface area contributed by atoms with Gasteiger partial charge >= 0.3 is 26.2 Å². The molecule has 0 aromatic heterocycles. The van der Waals surface area contributed by atoms with E-state index in [1.807, 2.05) is 0 Å². The zero-order valence-electron chi connectivity index (χ0n) is 8.45. The first kappa shape index (κ1) is 16.4. The smallest absolute Gasteiger partial charge is 0.411 e. The molecule has 0 aromatic rings. The van der Waals surface area contributed by atoms with Gasteiger partial charge in [0.05, 0.1) is 0 Å². The standard InChI is InChI=1S/C9H19NS2.Bi/c1-3-5-7-10(9(11)12)8-6-4-2;/h3-8H2,1-2H3,(H,11,12);/q;+3/p-1. The van der Waals surface area contributed by atoms with E-state index in [4.69, 9.17) is 24.8 Å². The molecule has 0 heterocycles. The maximum atomic E-state index is 4.98. The van der Waals surface area contributed by atoms with Gasteiger partial charge in [-0.2, -0.15) is 0 Å². The van der Waals surface area contributed by atoms with Crippen molar-refractivity contribution in [2.75, 3.05) is 13.1 Å². The van der Waals surface area contributed by atoms with Crippen LogP contribution in [0.1, 0.15) is 39.5 Å². The molecule has 0 fully saturated rings. The summed E-state index contributed by atoms with van der Waals surface area (Å²) in [4.78, 5) is 2.14. The van der Waals surface area contributed by atoms with Crippen molar-refractivity contribution >= 4 is 55.4 Å². The van der Waals surface area contributed by atoms with Gasteiger partial charge in [0.15, 0.2) is 0 Å². The van der Waals surface area contributed by atoms with Gasteiger partial charge in [-0.15, -0.1) is 0 Å². The maximum Gasteiger partial charge on any atom is 3.00 e. The minimum absolute atomic E-state index is 0. The average molecular weight is 413 g/mol. The molecule has 0 rings (SSSR count). The van der Waals surface area contributed by atoms with E-state index in [0.717, 1.165) is 13.1 Å². The van der Waals surface area contributed by atoms with Crippen molar-refractivity contribution in [2.45, 2.75) is 39.5 Å². The molecule has 0 aliphatic carbocycles. The van der Waals surface area contributed by atoms with E-state index in [2.05, 4.69) is 18.7 Å². The summed E-state index contributed by atoms with van der Waals surface area (Å²) in [5, 5.41) is 0. The summed E-state index contributed by atoms with van der Waals surface area (Å²) in [6.45, 7) is 6.45. The zero-order valence-corrected chi connectivity index (χ0v) is 13.6. The molecule has 1 nitrogen and oxygen atoms in total. The number of hydrogen-bond acceptors (Lipinski definition) is 2. The van der Waals surface area contributed by atoms with Crippen LogP contribution in [0, 0.1) is 0 Å². The van der Waals surface area contributed by atoms with E-state index in [-0.39, 0.29) is 26.2 Å². The van der Waals surface area contributed by atoms with Crippen molar-refractivity contribution in [3.05, 3.63) is 0 Å². The monoisotopic (exact) mass is 413 g/mol. The third-order valence-corrected chi connectivity index (χ3v) is 2.34. The molecule has 0 aromatic carbocycles. The quantitative estimate of drug-likeness (QED) is 0.374. The van der Waals surface area contributed by atoms with Crippen molar-refractivity contribution < 1.29 is 0 Å². The minimum Gasteiger partial charge on any atom is -0.411 e. The molecule has 0 amide bonds. The Bertz CT molecular complexity index is 123. The van der Waals surface area contributed by atoms with Crippen LogP contribution in [0.2, 0.25) is 0 Å². The first-order chi connectivity index (χ1) is 5.72. The molecule has 0 aliphatic rings. The third kappa shape index (κ3) is 9.30. The van der Waals surface area contributed by atoms with Gasteiger partial charge in [0.2, 0.25) is 0 Å². The summed E-state index contributed by atoms with van der Waals surface area (Å²) in [5.74, 6) is 0. The van der Waals surface area contributed by atoms with Crippen LogP contribution in [0.25, 0.3) is 0 Å². The van der Waals surface area contributed by atoms with Crippen LogP contribution in [0.5, 0.6) is 0 Å². The Balaban J connectivity index is 0. The Kier molecular flexibility index (Phi) is 14.0. The molecular weight excluding hydrogens is 395 g/mol. The molecule has 13 heavy (non-hydrogen) atoms. The summed E-state index contributed by atoms with van der Waals surface area (Å²) < 4.78 is 0.636. The SMILES string of the molecule is CCCCN(CCCC)C(=S)[S-].[Bi+3]. The topological polar surface area (TPSA) is 3.24 Å². The van der Waals surface area contributed by atoms with Crippen molar-refractivity contribution in [3.8, 4) is 0 Å². The number of rotatable bonds is 6. The molecule has 0 aliphatic heterocycles. The van der Waals surface area contributed by atoms with Crippen molar-refractivity contribution in [1.82, 2.24) is 4.90 Å². The predicted molar refractivity (Wildman–Crippen MR) is 67.1 cm³/mol. The molecule has 0 saturated carbocycles. The van der Waals surface area contributed by atoms with Gasteiger partial charge in [-0.1, -0.05) is 31.0 Å². The van der Waals surface area contributed by atoms with Crippen molar-refractivity contribution in [3.63, 3.8) is 0 Å². The third-order valence-electron chi connectivity index (χ3n) is 1.82. The fraction of sp³-hybridized carbons (Fsp3) is 0.889. The Morgan fingerprint density at radius 2 is 1.54 bits per heavy atom. The van der Waals surface area contributed by atoms with Gasteiger partial charge in [0, 0.05) is 13.1 Å². The van der Waals surface area contributed by atoms with E-state index in [9.17, 15) is 0 Å². The Morgan fingerprint density at radius 1 is 1.15 bits per heavy atom. The minimum atomic E-state index is 0. The Labute approximate surface area is 112 Å². The second-order valence-electron chi connectivity index (χ2n) is 2.96. The average Bonchev–Trinajstić information content (AvgIpc) is 2.04. The van der Waals surface area contributed by atoms with Crippen molar-refractivity contribution in [2.24, 2.45) is 0 Å². The summed E-state index contributed by atoms with van der Waals surface area (Å²) in [7, 11) is 0. The first-order valence-electron chi connectivity index (χ1n) is 4.68. The van der Waals surface area contributed by atoms with E-state index in [0.29, 0.717) is 4.32 Å².